The molecule has 0 amide bonds. The van der Waals surface area contributed by atoms with E-state index in [9.17, 15) is 48.0 Å². The summed E-state index contributed by atoms with van der Waals surface area (Å²) in [6.07, 6.45) is 0. The zero-order chi connectivity index (χ0) is 23.1. The first-order chi connectivity index (χ1) is 13.5. The molecule has 8 nitrogen and oxygen atoms in total. The van der Waals surface area contributed by atoms with Crippen molar-refractivity contribution in [1.82, 2.24) is 0 Å². The standard InChI is InChI=1S/C14H8F6O8S2/c1-26-12(21)9-5-7-3-2-4-10(27-29(22,23)13(15,16)17)8(7)6-11(9)28-30(24,25)14(18,19)20/h2-6H,1H3. The van der Waals surface area contributed by atoms with Gasteiger partial charge in [0.25, 0.3) is 0 Å². The third kappa shape index (κ3) is 4.53. The van der Waals surface area contributed by atoms with E-state index in [4.69, 9.17) is 0 Å². The van der Waals surface area contributed by atoms with E-state index in [0.29, 0.717) is 12.1 Å². The number of carbonyl (C=O) groups is 1. The number of fused-ring (bicyclic) bond motifs is 1. The highest BCUT2D eigenvalue weighted by Crippen LogP contribution is 2.37. The minimum atomic E-state index is -6.30. The molecule has 0 heterocycles. The Bertz CT molecular complexity index is 1200. The highest BCUT2D eigenvalue weighted by molar-refractivity contribution is 7.88. The number of esters is 1. The number of halogens is 6. The van der Waals surface area contributed by atoms with Gasteiger partial charge in [-0.2, -0.15) is 43.2 Å². The highest BCUT2D eigenvalue weighted by Gasteiger charge is 2.50. The summed E-state index contributed by atoms with van der Waals surface area (Å²) in [5.41, 5.74) is -12.6. The van der Waals surface area contributed by atoms with Crippen molar-refractivity contribution in [1.29, 1.82) is 0 Å². The predicted octanol–water partition coefficient (Wildman–Crippen LogP) is 3.08. The molecule has 0 atom stereocenters. The summed E-state index contributed by atoms with van der Waals surface area (Å²) < 4.78 is 133. The van der Waals surface area contributed by atoms with Crippen molar-refractivity contribution in [3.8, 4) is 11.5 Å². The molecule has 2 aromatic rings. The maximum Gasteiger partial charge on any atom is 0.534 e. The molecule has 0 aliphatic carbocycles. The predicted molar refractivity (Wildman–Crippen MR) is 86.5 cm³/mol. The summed E-state index contributed by atoms with van der Waals surface area (Å²) in [7, 11) is -11.7. The van der Waals surface area contributed by atoms with Crippen molar-refractivity contribution in [3.63, 3.8) is 0 Å². The van der Waals surface area contributed by atoms with Gasteiger partial charge in [0, 0.05) is 5.39 Å². The number of methoxy groups -OCH3 is 1. The van der Waals surface area contributed by atoms with Gasteiger partial charge in [-0.1, -0.05) is 12.1 Å². The number of rotatable bonds is 5. The van der Waals surface area contributed by atoms with Gasteiger partial charge in [0.05, 0.1) is 7.11 Å². The summed E-state index contributed by atoms with van der Waals surface area (Å²) in [6, 6.07) is 3.96. The van der Waals surface area contributed by atoms with Crippen molar-refractivity contribution in [2.45, 2.75) is 11.0 Å². The molecule has 0 saturated heterocycles. The first kappa shape index (κ1) is 23.5. The Morgan fingerprint density at radius 3 is 1.80 bits per heavy atom. The van der Waals surface area contributed by atoms with E-state index < -0.39 is 59.7 Å². The van der Waals surface area contributed by atoms with Gasteiger partial charge in [-0.05, 0) is 23.6 Å². The van der Waals surface area contributed by atoms with Gasteiger partial charge in [-0.3, -0.25) is 0 Å². The van der Waals surface area contributed by atoms with Crippen LogP contribution < -0.4 is 8.37 Å². The SMILES string of the molecule is COC(=O)c1cc2cccc(OS(=O)(=O)C(F)(F)F)c2cc1OS(=O)(=O)C(F)(F)F. The van der Waals surface area contributed by atoms with Crippen molar-refractivity contribution in [3.05, 3.63) is 35.9 Å². The Balaban J connectivity index is 2.75. The fourth-order valence-electron chi connectivity index (χ4n) is 2.02. The number of hydrogen-bond donors (Lipinski definition) is 0. The van der Waals surface area contributed by atoms with Gasteiger partial charge in [0.2, 0.25) is 0 Å². The van der Waals surface area contributed by atoms with Crippen LogP contribution in [0.4, 0.5) is 26.3 Å². The summed E-state index contributed by atoms with van der Waals surface area (Å²) in [5.74, 6) is -3.65. The molecule has 30 heavy (non-hydrogen) atoms. The number of benzene rings is 2. The number of carbonyl (C=O) groups excluding carboxylic acids is 1. The largest absolute Gasteiger partial charge is 0.534 e. The van der Waals surface area contributed by atoms with Crippen LogP contribution in [-0.2, 0) is 25.0 Å². The molecule has 0 aromatic heterocycles. The molecule has 0 aliphatic rings. The maximum atomic E-state index is 12.6. The van der Waals surface area contributed by atoms with Gasteiger partial charge >= 0.3 is 37.2 Å². The molecule has 0 unspecified atom stereocenters. The molecule has 2 rings (SSSR count). The molecular weight excluding hydrogens is 474 g/mol. The van der Waals surface area contributed by atoms with Crippen LogP contribution in [0.5, 0.6) is 11.5 Å². The molecule has 0 spiro atoms. The summed E-state index contributed by atoms with van der Waals surface area (Å²) in [6.45, 7) is 0. The molecule has 0 radical (unpaired) electrons. The second kappa shape index (κ2) is 7.50. The number of alkyl halides is 6. The van der Waals surface area contributed by atoms with Crippen molar-refractivity contribution < 1.29 is 61.1 Å². The Morgan fingerprint density at radius 2 is 1.33 bits per heavy atom. The third-order valence-corrected chi connectivity index (χ3v) is 5.24. The fraction of sp³-hybridized carbons (Fsp3) is 0.214. The normalized spacial score (nSPS) is 13.2. The summed E-state index contributed by atoms with van der Waals surface area (Å²) in [5, 5.41) is -0.813. The van der Waals surface area contributed by atoms with E-state index in [-0.39, 0.29) is 5.39 Å². The lowest BCUT2D eigenvalue weighted by Gasteiger charge is -2.15. The van der Waals surface area contributed by atoms with Crippen molar-refractivity contribution in [2.24, 2.45) is 0 Å². The van der Waals surface area contributed by atoms with Gasteiger partial charge in [-0.25, -0.2) is 4.79 Å². The van der Waals surface area contributed by atoms with Crippen LogP contribution in [0.15, 0.2) is 30.3 Å². The monoisotopic (exact) mass is 482 g/mol. The molecular formula is C14H8F6O8S2. The molecule has 0 fully saturated rings. The molecule has 166 valence electrons. The smallest absolute Gasteiger partial charge is 0.465 e. The Hall–Kier alpha value is -2.75. The van der Waals surface area contributed by atoms with E-state index in [2.05, 4.69) is 13.1 Å². The van der Waals surface area contributed by atoms with E-state index in [1.54, 1.807) is 0 Å². The Labute approximate surface area is 164 Å². The average molecular weight is 482 g/mol. The molecule has 2 aromatic carbocycles. The van der Waals surface area contributed by atoms with E-state index in [1.165, 1.54) is 0 Å². The van der Waals surface area contributed by atoms with Crippen LogP contribution >= 0.6 is 0 Å². The summed E-state index contributed by atoms with van der Waals surface area (Å²) in [4.78, 5) is 11.8. The van der Waals surface area contributed by atoms with Crippen LogP contribution in [0.25, 0.3) is 10.8 Å². The first-order valence-corrected chi connectivity index (χ1v) is 9.98. The van der Waals surface area contributed by atoms with Gasteiger partial charge in [0.1, 0.15) is 5.56 Å². The maximum absolute atomic E-state index is 12.6. The van der Waals surface area contributed by atoms with Crippen molar-refractivity contribution >= 4 is 37.0 Å². The number of hydrogen-bond acceptors (Lipinski definition) is 8. The lowest BCUT2D eigenvalue weighted by molar-refractivity contribution is -0.0505. The molecule has 0 bridgehead atoms. The van der Waals surface area contributed by atoms with Crippen LogP contribution in [0.3, 0.4) is 0 Å². The quantitative estimate of drug-likeness (QED) is 0.277. The van der Waals surface area contributed by atoms with Crippen molar-refractivity contribution in [2.75, 3.05) is 7.11 Å². The molecule has 0 saturated carbocycles. The molecule has 0 N–H and O–H groups in total. The fourth-order valence-corrected chi connectivity index (χ4v) is 2.96. The average Bonchev–Trinajstić information content (AvgIpc) is 2.58. The molecule has 0 aliphatic heterocycles. The minimum Gasteiger partial charge on any atom is -0.465 e. The second-order valence-electron chi connectivity index (χ2n) is 5.28. The van der Waals surface area contributed by atoms with Crippen LogP contribution in [0, 0.1) is 0 Å². The van der Waals surface area contributed by atoms with E-state index >= 15 is 0 Å². The zero-order valence-electron chi connectivity index (χ0n) is 14.2. The highest BCUT2D eigenvalue weighted by atomic mass is 32.2. The topological polar surface area (TPSA) is 113 Å². The van der Waals surface area contributed by atoms with Crippen LogP contribution in [-0.4, -0.2) is 40.9 Å². The summed E-state index contributed by atoms with van der Waals surface area (Å²) >= 11 is 0. The van der Waals surface area contributed by atoms with Gasteiger partial charge in [-0.15, -0.1) is 0 Å². The minimum absolute atomic E-state index is 0.206. The lowest BCUT2D eigenvalue weighted by atomic mass is 10.1. The van der Waals surface area contributed by atoms with Crippen LogP contribution in [0.1, 0.15) is 10.4 Å². The molecule has 16 heteroatoms. The second-order valence-corrected chi connectivity index (χ2v) is 8.36. The van der Waals surface area contributed by atoms with Crippen LogP contribution in [0.2, 0.25) is 0 Å². The lowest BCUT2D eigenvalue weighted by Crippen LogP contribution is -2.29. The first-order valence-electron chi connectivity index (χ1n) is 7.17. The zero-order valence-corrected chi connectivity index (χ0v) is 15.9. The van der Waals surface area contributed by atoms with Gasteiger partial charge < -0.3 is 13.1 Å². The van der Waals surface area contributed by atoms with Gasteiger partial charge in [0.15, 0.2) is 11.5 Å². The third-order valence-electron chi connectivity index (χ3n) is 3.31. The van der Waals surface area contributed by atoms with E-state index in [0.717, 1.165) is 25.3 Å². The van der Waals surface area contributed by atoms with E-state index in [1.807, 2.05) is 0 Å². The number of ether oxygens (including phenoxy) is 1. The Morgan fingerprint density at radius 1 is 0.833 bits per heavy atom. The Kier molecular flexibility index (Phi) is 5.88.